The molecule has 15 heavy (non-hydrogen) atoms. The lowest BCUT2D eigenvalue weighted by molar-refractivity contribution is 0.436. The zero-order valence-electron chi connectivity index (χ0n) is 8.96. The number of nitrogens with zero attached hydrogens (tertiary/aromatic N) is 4. The van der Waals surface area contributed by atoms with Crippen LogP contribution in [0.3, 0.4) is 0 Å². The van der Waals surface area contributed by atoms with Crippen molar-refractivity contribution in [1.82, 2.24) is 19.6 Å². The molecule has 2 unspecified atom stereocenters. The summed E-state index contributed by atoms with van der Waals surface area (Å²) in [6.45, 7) is 4.23. The van der Waals surface area contributed by atoms with Crippen molar-refractivity contribution in [2.75, 3.05) is 0 Å². The quantitative estimate of drug-likeness (QED) is 0.816. The maximum Gasteiger partial charge on any atom is 0.163 e. The van der Waals surface area contributed by atoms with Crippen molar-refractivity contribution >= 4 is 5.65 Å². The van der Waals surface area contributed by atoms with E-state index in [1.807, 2.05) is 10.5 Å². The van der Waals surface area contributed by atoms with Crippen LogP contribution in [0.2, 0.25) is 0 Å². The van der Waals surface area contributed by atoms with Gasteiger partial charge in [0, 0.05) is 12.3 Å². The number of fused-ring (bicyclic) bond motifs is 1. The van der Waals surface area contributed by atoms with Gasteiger partial charge in [0.1, 0.15) is 6.33 Å². The van der Waals surface area contributed by atoms with Crippen LogP contribution in [0.5, 0.6) is 0 Å². The molecule has 0 aliphatic heterocycles. The number of nitrogens with two attached hydrogens (primary N) is 1. The number of rotatable bonds is 3. The topological polar surface area (TPSA) is 69.1 Å². The molecule has 0 fully saturated rings. The first-order chi connectivity index (χ1) is 7.24. The Bertz CT molecular complexity index is 450. The zero-order valence-corrected chi connectivity index (χ0v) is 8.96. The van der Waals surface area contributed by atoms with Crippen molar-refractivity contribution in [2.24, 2.45) is 11.7 Å². The average Bonchev–Trinajstić information content (AvgIpc) is 2.70. The zero-order chi connectivity index (χ0) is 10.8. The first-order valence-corrected chi connectivity index (χ1v) is 5.14. The normalized spacial score (nSPS) is 15.4. The molecule has 2 aromatic rings. The van der Waals surface area contributed by atoms with Gasteiger partial charge in [-0.1, -0.05) is 20.3 Å². The van der Waals surface area contributed by atoms with Crippen molar-refractivity contribution in [3.8, 4) is 0 Å². The molecule has 2 heterocycles. The van der Waals surface area contributed by atoms with E-state index in [0.717, 1.165) is 17.9 Å². The molecule has 0 aromatic carbocycles. The molecule has 0 aliphatic carbocycles. The first kappa shape index (κ1) is 10.0. The van der Waals surface area contributed by atoms with Gasteiger partial charge < -0.3 is 5.73 Å². The summed E-state index contributed by atoms with van der Waals surface area (Å²) in [5.41, 5.74) is 6.90. The lowest BCUT2D eigenvalue weighted by Crippen LogP contribution is -2.21. The molecule has 0 saturated heterocycles. The maximum absolute atomic E-state index is 6.11. The Labute approximate surface area is 88.3 Å². The van der Waals surface area contributed by atoms with E-state index < -0.39 is 0 Å². The minimum Gasteiger partial charge on any atom is -0.321 e. The number of hydrogen-bond acceptors (Lipinski definition) is 4. The molecule has 0 bridgehead atoms. The monoisotopic (exact) mass is 205 g/mol. The first-order valence-electron chi connectivity index (χ1n) is 5.14. The second kappa shape index (κ2) is 3.94. The van der Waals surface area contributed by atoms with Gasteiger partial charge in [0.05, 0.1) is 6.04 Å². The molecule has 80 valence electrons. The summed E-state index contributed by atoms with van der Waals surface area (Å²) >= 11 is 0. The number of hydrogen-bond donors (Lipinski definition) is 1. The van der Waals surface area contributed by atoms with Crippen LogP contribution in [0.4, 0.5) is 0 Å². The average molecular weight is 205 g/mol. The van der Waals surface area contributed by atoms with Crippen LogP contribution in [0.25, 0.3) is 5.65 Å². The van der Waals surface area contributed by atoms with Crippen LogP contribution >= 0.6 is 0 Å². The Hall–Kier alpha value is -1.49. The largest absolute Gasteiger partial charge is 0.321 e. The molecule has 0 spiro atoms. The second-order valence-electron chi connectivity index (χ2n) is 3.78. The van der Waals surface area contributed by atoms with Crippen LogP contribution in [0.15, 0.2) is 18.6 Å². The smallest absolute Gasteiger partial charge is 0.163 e. The summed E-state index contributed by atoms with van der Waals surface area (Å²) in [4.78, 5) is 4.04. The van der Waals surface area contributed by atoms with Crippen LogP contribution in [0, 0.1) is 5.92 Å². The Kier molecular flexibility index (Phi) is 2.64. The minimum atomic E-state index is -0.0887. The van der Waals surface area contributed by atoms with Crippen LogP contribution in [-0.2, 0) is 0 Å². The molecule has 0 aliphatic rings. The Morgan fingerprint density at radius 1 is 1.47 bits per heavy atom. The van der Waals surface area contributed by atoms with Crippen molar-refractivity contribution in [1.29, 1.82) is 0 Å². The maximum atomic E-state index is 6.11. The van der Waals surface area contributed by atoms with Gasteiger partial charge in [-0.05, 0) is 5.92 Å². The van der Waals surface area contributed by atoms with Gasteiger partial charge in [-0.25, -0.2) is 4.98 Å². The highest BCUT2D eigenvalue weighted by Gasteiger charge is 2.18. The standard InChI is InChI=1S/C10H15N5/c1-3-7(2)9(11)10-14-13-8-4-5-12-6-15(8)10/h4-7,9H,3,11H2,1-2H3. The van der Waals surface area contributed by atoms with Gasteiger partial charge in [0.15, 0.2) is 11.5 Å². The third-order valence-electron chi connectivity index (χ3n) is 2.80. The summed E-state index contributed by atoms with van der Waals surface area (Å²) in [5, 5.41) is 8.16. The van der Waals surface area contributed by atoms with Crippen molar-refractivity contribution in [3.63, 3.8) is 0 Å². The predicted octanol–water partition coefficient (Wildman–Crippen LogP) is 1.17. The SMILES string of the molecule is CCC(C)C(N)c1nnc2ccncn12. The van der Waals surface area contributed by atoms with E-state index in [4.69, 9.17) is 5.73 Å². The predicted molar refractivity (Wildman–Crippen MR) is 57.2 cm³/mol. The van der Waals surface area contributed by atoms with E-state index in [-0.39, 0.29) is 6.04 Å². The van der Waals surface area contributed by atoms with Gasteiger partial charge in [-0.2, -0.15) is 0 Å². The molecular formula is C10H15N5. The fraction of sp³-hybridized carbons (Fsp3) is 0.500. The van der Waals surface area contributed by atoms with Crippen molar-refractivity contribution in [3.05, 3.63) is 24.4 Å². The highest BCUT2D eigenvalue weighted by molar-refractivity contribution is 5.35. The second-order valence-corrected chi connectivity index (χ2v) is 3.78. The van der Waals surface area contributed by atoms with Crippen LogP contribution in [0.1, 0.15) is 32.1 Å². The van der Waals surface area contributed by atoms with Gasteiger partial charge in [0.2, 0.25) is 0 Å². The molecule has 5 heteroatoms. The van der Waals surface area contributed by atoms with Crippen LogP contribution in [-0.4, -0.2) is 19.6 Å². The van der Waals surface area contributed by atoms with Gasteiger partial charge in [-0.15, -0.1) is 10.2 Å². The summed E-state index contributed by atoms with van der Waals surface area (Å²) in [7, 11) is 0. The minimum absolute atomic E-state index is 0.0887. The summed E-state index contributed by atoms with van der Waals surface area (Å²) < 4.78 is 1.84. The molecule has 2 atom stereocenters. The van der Waals surface area contributed by atoms with E-state index in [1.54, 1.807) is 12.5 Å². The van der Waals surface area contributed by atoms with Crippen molar-refractivity contribution in [2.45, 2.75) is 26.3 Å². The Morgan fingerprint density at radius 3 is 3.00 bits per heavy atom. The highest BCUT2D eigenvalue weighted by Crippen LogP contribution is 2.20. The molecule has 0 amide bonds. The van der Waals surface area contributed by atoms with E-state index in [9.17, 15) is 0 Å². The number of aromatic nitrogens is 4. The van der Waals surface area contributed by atoms with E-state index in [0.29, 0.717) is 5.92 Å². The van der Waals surface area contributed by atoms with E-state index >= 15 is 0 Å². The molecular weight excluding hydrogens is 190 g/mol. The van der Waals surface area contributed by atoms with Gasteiger partial charge >= 0.3 is 0 Å². The fourth-order valence-electron chi connectivity index (χ4n) is 1.50. The molecule has 2 aromatic heterocycles. The van der Waals surface area contributed by atoms with E-state index in [1.165, 1.54) is 0 Å². The molecule has 2 rings (SSSR count). The fourth-order valence-corrected chi connectivity index (χ4v) is 1.50. The summed E-state index contributed by atoms with van der Waals surface area (Å²) in [5.74, 6) is 1.17. The van der Waals surface area contributed by atoms with Crippen LogP contribution < -0.4 is 5.73 Å². The summed E-state index contributed by atoms with van der Waals surface area (Å²) in [6.07, 6.45) is 4.42. The highest BCUT2D eigenvalue weighted by atomic mass is 15.3. The molecule has 2 N–H and O–H groups in total. The van der Waals surface area contributed by atoms with E-state index in [2.05, 4.69) is 29.0 Å². The third kappa shape index (κ3) is 1.70. The van der Waals surface area contributed by atoms with Gasteiger partial charge in [-0.3, -0.25) is 4.40 Å². The lowest BCUT2D eigenvalue weighted by Gasteiger charge is -2.15. The van der Waals surface area contributed by atoms with Gasteiger partial charge in [0.25, 0.3) is 0 Å². The Morgan fingerprint density at radius 2 is 2.27 bits per heavy atom. The third-order valence-corrected chi connectivity index (χ3v) is 2.80. The lowest BCUT2D eigenvalue weighted by atomic mass is 10.00. The molecule has 5 nitrogen and oxygen atoms in total. The molecule has 0 saturated carbocycles. The summed E-state index contributed by atoms with van der Waals surface area (Å²) in [6, 6.07) is 1.73. The molecule has 0 radical (unpaired) electrons. The Balaban J connectivity index is 2.43. The van der Waals surface area contributed by atoms with Crippen molar-refractivity contribution < 1.29 is 0 Å².